The van der Waals surface area contributed by atoms with Crippen LogP contribution in [-0.4, -0.2) is 37.2 Å². The summed E-state index contributed by atoms with van der Waals surface area (Å²) in [4.78, 5) is 37.6. The molecular weight excluding hydrogens is 685 g/mol. The van der Waals surface area contributed by atoms with E-state index in [9.17, 15) is 14.4 Å². The zero-order valence-corrected chi connectivity index (χ0v) is 35.4. The number of carbonyl (C=O) groups is 3. The van der Waals surface area contributed by atoms with Crippen LogP contribution in [0.1, 0.15) is 188 Å². The van der Waals surface area contributed by atoms with Gasteiger partial charge in [0.25, 0.3) is 0 Å². The molecule has 0 aliphatic rings. The Hall–Kier alpha value is -3.41. The van der Waals surface area contributed by atoms with Crippen LogP contribution in [0.2, 0.25) is 0 Å². The molecule has 0 aliphatic carbocycles. The minimum Gasteiger partial charge on any atom is -0.462 e. The third-order valence-corrected chi connectivity index (χ3v) is 8.91. The van der Waals surface area contributed by atoms with E-state index in [-0.39, 0.29) is 37.5 Å². The highest BCUT2D eigenvalue weighted by Crippen LogP contribution is 2.13. The fraction of sp³-hybridized carbons (Fsp3) is 0.653. The van der Waals surface area contributed by atoms with Crippen LogP contribution >= 0.6 is 0 Å². The highest BCUT2D eigenvalue weighted by Gasteiger charge is 2.19. The van der Waals surface area contributed by atoms with E-state index in [4.69, 9.17) is 14.2 Å². The van der Waals surface area contributed by atoms with Crippen molar-refractivity contribution in [2.75, 3.05) is 13.2 Å². The molecule has 1 atom stereocenters. The SMILES string of the molecule is CC/C=C\C/C=C\C/C=C\C/C=C\C/C=C\CCC(=O)OCC(COC(=O)CCCCCCCCCCC)OC(=O)CCCCCCC/C=C\C/C=C\CC. The van der Waals surface area contributed by atoms with Gasteiger partial charge < -0.3 is 14.2 Å². The first kappa shape index (κ1) is 51.6. The first-order valence-corrected chi connectivity index (χ1v) is 22.1. The van der Waals surface area contributed by atoms with Gasteiger partial charge in [-0.3, -0.25) is 14.4 Å². The molecule has 0 radical (unpaired) electrons. The normalized spacial score (nSPS) is 12.9. The second kappa shape index (κ2) is 43.3. The summed E-state index contributed by atoms with van der Waals surface area (Å²) in [5.41, 5.74) is 0. The van der Waals surface area contributed by atoms with E-state index in [1.165, 1.54) is 38.5 Å². The molecule has 0 saturated heterocycles. The maximum Gasteiger partial charge on any atom is 0.306 e. The average molecular weight is 765 g/mol. The first-order valence-electron chi connectivity index (χ1n) is 22.1. The summed E-state index contributed by atoms with van der Waals surface area (Å²) in [6.45, 7) is 6.28. The van der Waals surface area contributed by atoms with Crippen molar-refractivity contribution in [2.24, 2.45) is 0 Å². The summed E-state index contributed by atoms with van der Waals surface area (Å²) in [6.07, 6.45) is 54.4. The van der Waals surface area contributed by atoms with Crippen LogP contribution in [0.3, 0.4) is 0 Å². The van der Waals surface area contributed by atoms with Crippen molar-refractivity contribution < 1.29 is 28.6 Å². The van der Waals surface area contributed by atoms with Crippen LogP contribution < -0.4 is 0 Å². The Kier molecular flexibility index (Phi) is 40.6. The first-order chi connectivity index (χ1) is 27.0. The minimum atomic E-state index is -0.809. The number of ether oxygens (including phenoxy) is 3. The number of hydrogen-bond acceptors (Lipinski definition) is 6. The number of esters is 3. The summed E-state index contributed by atoms with van der Waals surface area (Å²) in [7, 11) is 0. The van der Waals surface area contributed by atoms with E-state index >= 15 is 0 Å². The summed E-state index contributed by atoms with van der Waals surface area (Å²) in [5.74, 6) is -1.02. The molecule has 1 unspecified atom stereocenters. The topological polar surface area (TPSA) is 78.9 Å². The van der Waals surface area contributed by atoms with Crippen molar-refractivity contribution in [3.8, 4) is 0 Å². The molecule has 0 N–H and O–H groups in total. The largest absolute Gasteiger partial charge is 0.462 e. The summed E-state index contributed by atoms with van der Waals surface area (Å²) in [6, 6.07) is 0. The van der Waals surface area contributed by atoms with Gasteiger partial charge in [-0.1, -0.05) is 176 Å². The molecule has 0 bridgehead atoms. The maximum absolute atomic E-state index is 12.7. The Morgan fingerprint density at radius 2 is 0.745 bits per heavy atom. The summed E-state index contributed by atoms with van der Waals surface area (Å²) >= 11 is 0. The lowest BCUT2D eigenvalue weighted by Crippen LogP contribution is -2.30. The molecule has 6 heteroatoms. The zero-order chi connectivity index (χ0) is 40.1. The lowest BCUT2D eigenvalue weighted by molar-refractivity contribution is -0.166. The molecule has 6 nitrogen and oxygen atoms in total. The Morgan fingerprint density at radius 1 is 0.382 bits per heavy atom. The molecule has 0 fully saturated rings. The number of allylic oxidation sites excluding steroid dienone is 14. The molecule has 0 heterocycles. The van der Waals surface area contributed by atoms with Crippen LogP contribution in [0.25, 0.3) is 0 Å². The third kappa shape index (κ3) is 41.6. The van der Waals surface area contributed by atoms with Crippen molar-refractivity contribution in [1.29, 1.82) is 0 Å². The standard InChI is InChI=1S/C49H80O6/c1-4-7-10-13-16-19-21-23-24-25-26-28-30-33-36-39-42-48(51)54-45-46(44-53-47(50)41-38-35-32-29-18-15-12-9-6-3)55-49(52)43-40-37-34-31-27-22-20-17-14-11-8-5-2/h7-8,10-11,16-17,19-20,23-24,26,28,33,36,46H,4-6,9,12-15,18,21-22,25,27,29-32,34-35,37-45H2,1-3H3/b10-7-,11-8-,19-16-,20-17-,24-23-,28-26-,36-33-. The number of unbranched alkanes of at least 4 members (excludes halogenated alkanes) is 13. The van der Waals surface area contributed by atoms with E-state index in [1.807, 2.05) is 12.2 Å². The van der Waals surface area contributed by atoms with Gasteiger partial charge in [0.2, 0.25) is 0 Å². The molecule has 0 saturated carbocycles. The van der Waals surface area contributed by atoms with Gasteiger partial charge in [0.15, 0.2) is 6.10 Å². The average Bonchev–Trinajstić information content (AvgIpc) is 3.18. The second-order valence-electron chi connectivity index (χ2n) is 14.2. The summed E-state index contributed by atoms with van der Waals surface area (Å²) in [5, 5.41) is 0. The van der Waals surface area contributed by atoms with Gasteiger partial charge in [-0.15, -0.1) is 0 Å². The fourth-order valence-electron chi connectivity index (χ4n) is 5.64. The van der Waals surface area contributed by atoms with E-state index in [0.29, 0.717) is 19.3 Å². The Balaban J connectivity index is 4.51. The maximum atomic E-state index is 12.7. The van der Waals surface area contributed by atoms with Gasteiger partial charge in [-0.25, -0.2) is 0 Å². The van der Waals surface area contributed by atoms with E-state index in [1.54, 1.807) is 0 Å². The molecule has 0 aromatic rings. The number of rotatable bonds is 38. The van der Waals surface area contributed by atoms with Crippen LogP contribution in [0.15, 0.2) is 85.1 Å². The van der Waals surface area contributed by atoms with Crippen LogP contribution in [0.5, 0.6) is 0 Å². The quantitative estimate of drug-likeness (QED) is 0.0270. The Bertz CT molecular complexity index is 1110. The Labute approximate surface area is 337 Å². The van der Waals surface area contributed by atoms with Gasteiger partial charge in [0, 0.05) is 19.3 Å². The number of hydrogen-bond donors (Lipinski definition) is 0. The van der Waals surface area contributed by atoms with Crippen molar-refractivity contribution in [1.82, 2.24) is 0 Å². The van der Waals surface area contributed by atoms with Crippen LogP contribution in [0, 0.1) is 0 Å². The monoisotopic (exact) mass is 765 g/mol. The van der Waals surface area contributed by atoms with E-state index < -0.39 is 6.10 Å². The van der Waals surface area contributed by atoms with Gasteiger partial charge >= 0.3 is 17.9 Å². The van der Waals surface area contributed by atoms with Crippen molar-refractivity contribution >= 4 is 17.9 Å². The predicted molar refractivity (Wildman–Crippen MR) is 233 cm³/mol. The minimum absolute atomic E-state index is 0.105. The molecule has 0 rings (SSSR count). The van der Waals surface area contributed by atoms with Crippen molar-refractivity contribution in [3.05, 3.63) is 85.1 Å². The van der Waals surface area contributed by atoms with Crippen LogP contribution in [-0.2, 0) is 28.6 Å². The van der Waals surface area contributed by atoms with Crippen molar-refractivity contribution in [2.45, 2.75) is 194 Å². The van der Waals surface area contributed by atoms with Gasteiger partial charge in [0.1, 0.15) is 13.2 Å². The third-order valence-electron chi connectivity index (χ3n) is 8.91. The van der Waals surface area contributed by atoms with Crippen LogP contribution in [0.4, 0.5) is 0 Å². The molecular formula is C49H80O6. The molecule has 0 spiro atoms. The molecule has 55 heavy (non-hydrogen) atoms. The zero-order valence-electron chi connectivity index (χ0n) is 35.4. The molecule has 312 valence electrons. The predicted octanol–water partition coefficient (Wildman–Crippen LogP) is 14.1. The summed E-state index contributed by atoms with van der Waals surface area (Å²) < 4.78 is 16.6. The highest BCUT2D eigenvalue weighted by molar-refractivity contribution is 5.71. The number of carbonyl (C=O) groups excluding carboxylic acids is 3. The molecule has 0 aliphatic heterocycles. The fourth-order valence-corrected chi connectivity index (χ4v) is 5.64. The smallest absolute Gasteiger partial charge is 0.306 e. The highest BCUT2D eigenvalue weighted by atomic mass is 16.6. The van der Waals surface area contributed by atoms with Crippen molar-refractivity contribution in [3.63, 3.8) is 0 Å². The lowest BCUT2D eigenvalue weighted by Gasteiger charge is -2.18. The lowest BCUT2D eigenvalue weighted by atomic mass is 10.1. The Morgan fingerprint density at radius 3 is 1.22 bits per heavy atom. The van der Waals surface area contributed by atoms with Gasteiger partial charge in [-0.05, 0) is 77.0 Å². The second-order valence-corrected chi connectivity index (χ2v) is 14.2. The van der Waals surface area contributed by atoms with E-state index in [0.717, 1.165) is 103 Å². The molecule has 0 amide bonds. The van der Waals surface area contributed by atoms with Gasteiger partial charge in [0.05, 0.1) is 0 Å². The van der Waals surface area contributed by atoms with Gasteiger partial charge in [-0.2, -0.15) is 0 Å². The molecule has 0 aromatic heterocycles. The van der Waals surface area contributed by atoms with E-state index in [2.05, 4.69) is 93.7 Å². The molecule has 0 aromatic carbocycles.